The predicted molar refractivity (Wildman–Crippen MR) is 72.5 cm³/mol. The summed E-state index contributed by atoms with van der Waals surface area (Å²) in [6.07, 6.45) is 2.46. The van der Waals surface area contributed by atoms with Crippen molar-refractivity contribution in [3.63, 3.8) is 0 Å². The van der Waals surface area contributed by atoms with Crippen LogP contribution in [-0.4, -0.2) is 26.7 Å². The summed E-state index contributed by atoms with van der Waals surface area (Å²) in [6.45, 7) is 3.09. The third-order valence-electron chi connectivity index (χ3n) is 3.25. The van der Waals surface area contributed by atoms with E-state index < -0.39 is 5.97 Å². The zero-order chi connectivity index (χ0) is 13.3. The molecule has 5 nitrogen and oxygen atoms in total. The molecule has 0 amide bonds. The molecule has 1 aromatic rings. The minimum absolute atomic E-state index is 0.345. The summed E-state index contributed by atoms with van der Waals surface area (Å²) >= 11 is 1.28. The fourth-order valence-corrected chi connectivity index (χ4v) is 2.68. The highest BCUT2D eigenvalue weighted by Crippen LogP contribution is 2.47. The Hall–Kier alpha value is -1.43. The quantitative estimate of drug-likeness (QED) is 0.803. The molecule has 1 aliphatic carbocycles. The van der Waals surface area contributed by atoms with Gasteiger partial charge in [-0.1, -0.05) is 6.92 Å². The van der Waals surface area contributed by atoms with Crippen molar-refractivity contribution < 1.29 is 14.3 Å². The van der Waals surface area contributed by atoms with E-state index in [-0.39, 0.29) is 0 Å². The molecule has 0 aliphatic heterocycles. The van der Waals surface area contributed by atoms with Crippen LogP contribution in [0.4, 0.5) is 10.7 Å². The molecule has 0 aromatic carbocycles. The zero-order valence-electron chi connectivity index (χ0n) is 10.8. The molecule has 0 bridgehead atoms. The number of nitrogen functional groups attached to an aromatic ring is 1. The maximum absolute atomic E-state index is 11.6. The van der Waals surface area contributed by atoms with Gasteiger partial charge in [-0.15, -0.1) is 11.3 Å². The number of anilines is 2. The molecule has 18 heavy (non-hydrogen) atoms. The van der Waals surface area contributed by atoms with E-state index in [4.69, 9.17) is 15.2 Å². The summed E-state index contributed by atoms with van der Waals surface area (Å²) < 4.78 is 9.95. The average Bonchev–Trinajstić information content (AvgIpc) is 3.00. The van der Waals surface area contributed by atoms with Crippen molar-refractivity contribution in [2.75, 3.05) is 31.8 Å². The minimum atomic E-state index is -0.429. The van der Waals surface area contributed by atoms with Gasteiger partial charge in [-0.05, 0) is 18.3 Å². The molecule has 0 radical (unpaired) electrons. The second-order valence-corrected chi connectivity index (χ2v) is 5.88. The Morgan fingerprint density at radius 1 is 1.50 bits per heavy atom. The maximum Gasteiger partial charge on any atom is 0.350 e. The monoisotopic (exact) mass is 270 g/mol. The van der Waals surface area contributed by atoms with Crippen LogP contribution in [0, 0.1) is 5.41 Å². The molecule has 1 saturated carbocycles. The Kier molecular flexibility index (Phi) is 3.38. The smallest absolute Gasteiger partial charge is 0.350 e. The fraction of sp³-hybridized carbons (Fsp3) is 0.583. The molecular weight excluding hydrogens is 252 g/mol. The van der Waals surface area contributed by atoms with Crippen molar-refractivity contribution in [2.24, 2.45) is 5.41 Å². The normalized spacial score (nSPS) is 16.2. The highest BCUT2D eigenvalue weighted by Gasteiger charge is 2.37. The van der Waals surface area contributed by atoms with E-state index in [9.17, 15) is 4.79 Å². The molecule has 1 fully saturated rings. The highest BCUT2D eigenvalue weighted by atomic mass is 32.1. The van der Waals surface area contributed by atoms with Gasteiger partial charge in [0.2, 0.25) is 0 Å². The summed E-state index contributed by atoms with van der Waals surface area (Å²) in [7, 11) is 2.88. The minimum Gasteiger partial charge on any atom is -0.492 e. The molecule has 0 saturated heterocycles. The van der Waals surface area contributed by atoms with E-state index in [1.54, 1.807) is 7.11 Å². The molecule has 0 spiro atoms. The number of thiophene rings is 1. The average molecular weight is 270 g/mol. The first-order chi connectivity index (χ1) is 8.50. The summed E-state index contributed by atoms with van der Waals surface area (Å²) in [5.41, 5.74) is 6.61. The van der Waals surface area contributed by atoms with Crippen molar-refractivity contribution in [3.8, 4) is 5.75 Å². The number of nitrogens with two attached hydrogens (primary N) is 1. The van der Waals surface area contributed by atoms with E-state index >= 15 is 0 Å². The maximum atomic E-state index is 11.6. The van der Waals surface area contributed by atoms with Gasteiger partial charge in [0, 0.05) is 6.54 Å². The first-order valence-electron chi connectivity index (χ1n) is 5.79. The van der Waals surface area contributed by atoms with Gasteiger partial charge in [0.25, 0.3) is 0 Å². The molecule has 1 heterocycles. The lowest BCUT2D eigenvalue weighted by atomic mass is 10.1. The first-order valence-corrected chi connectivity index (χ1v) is 6.61. The lowest BCUT2D eigenvalue weighted by Gasteiger charge is -2.11. The zero-order valence-corrected chi connectivity index (χ0v) is 11.6. The number of ether oxygens (including phenoxy) is 2. The standard InChI is InChI=1S/C12H18N2O3S/c1-12(4-5-12)6-14-10-8(16-2)7(13)9(18-10)11(15)17-3/h14H,4-6,13H2,1-3H3. The molecule has 2 rings (SSSR count). The van der Waals surface area contributed by atoms with Gasteiger partial charge in [-0.3, -0.25) is 0 Å². The molecular formula is C12H18N2O3S. The van der Waals surface area contributed by atoms with Gasteiger partial charge < -0.3 is 20.5 Å². The van der Waals surface area contributed by atoms with Gasteiger partial charge in [0.15, 0.2) is 5.75 Å². The molecule has 6 heteroatoms. The van der Waals surface area contributed by atoms with E-state index in [2.05, 4.69) is 12.2 Å². The van der Waals surface area contributed by atoms with Crippen molar-refractivity contribution in [1.82, 2.24) is 0 Å². The van der Waals surface area contributed by atoms with Crippen LogP contribution in [0.3, 0.4) is 0 Å². The van der Waals surface area contributed by atoms with Crippen LogP contribution in [0.25, 0.3) is 0 Å². The van der Waals surface area contributed by atoms with Crippen molar-refractivity contribution in [3.05, 3.63) is 4.88 Å². The van der Waals surface area contributed by atoms with Crippen LogP contribution in [0.15, 0.2) is 0 Å². The lowest BCUT2D eigenvalue weighted by molar-refractivity contribution is 0.0607. The van der Waals surface area contributed by atoms with Gasteiger partial charge in [-0.25, -0.2) is 4.79 Å². The van der Waals surface area contributed by atoms with E-state index in [0.29, 0.717) is 21.7 Å². The molecule has 0 unspecified atom stereocenters. The second-order valence-electron chi connectivity index (χ2n) is 4.86. The van der Waals surface area contributed by atoms with Gasteiger partial charge >= 0.3 is 5.97 Å². The van der Waals surface area contributed by atoms with Crippen LogP contribution in [0.5, 0.6) is 5.75 Å². The van der Waals surface area contributed by atoms with Crippen LogP contribution < -0.4 is 15.8 Å². The third-order valence-corrected chi connectivity index (χ3v) is 4.38. The number of methoxy groups -OCH3 is 2. The summed E-state index contributed by atoms with van der Waals surface area (Å²) in [6, 6.07) is 0. The summed E-state index contributed by atoms with van der Waals surface area (Å²) in [4.78, 5) is 11.9. The first kappa shape index (κ1) is 13.0. The highest BCUT2D eigenvalue weighted by molar-refractivity contribution is 7.19. The topological polar surface area (TPSA) is 73.6 Å². The van der Waals surface area contributed by atoms with Gasteiger partial charge in [-0.2, -0.15) is 0 Å². The number of esters is 1. The summed E-state index contributed by atoms with van der Waals surface area (Å²) in [5, 5.41) is 4.11. The number of hydrogen-bond acceptors (Lipinski definition) is 6. The Labute approximate surface area is 110 Å². The van der Waals surface area contributed by atoms with Gasteiger partial charge in [0.05, 0.1) is 14.2 Å². The largest absolute Gasteiger partial charge is 0.492 e. The summed E-state index contributed by atoms with van der Waals surface area (Å²) in [5.74, 6) is 0.103. The Morgan fingerprint density at radius 2 is 2.17 bits per heavy atom. The van der Waals surface area contributed by atoms with Crippen LogP contribution >= 0.6 is 11.3 Å². The van der Waals surface area contributed by atoms with Crippen molar-refractivity contribution in [1.29, 1.82) is 0 Å². The number of carbonyl (C=O) groups is 1. The van der Waals surface area contributed by atoms with E-state index in [1.807, 2.05) is 0 Å². The Balaban J connectivity index is 2.20. The van der Waals surface area contributed by atoms with Crippen molar-refractivity contribution in [2.45, 2.75) is 19.8 Å². The number of carbonyl (C=O) groups excluding carboxylic acids is 1. The predicted octanol–water partition coefficient (Wildman–Crippen LogP) is 2.34. The second kappa shape index (κ2) is 4.68. The van der Waals surface area contributed by atoms with Crippen LogP contribution in [0.1, 0.15) is 29.4 Å². The lowest BCUT2D eigenvalue weighted by Crippen LogP contribution is -2.11. The van der Waals surface area contributed by atoms with Crippen LogP contribution in [0.2, 0.25) is 0 Å². The third kappa shape index (κ3) is 2.38. The number of rotatable bonds is 5. The number of nitrogens with one attached hydrogen (secondary N) is 1. The van der Waals surface area contributed by atoms with E-state index in [1.165, 1.54) is 31.3 Å². The Morgan fingerprint density at radius 3 is 2.67 bits per heavy atom. The van der Waals surface area contributed by atoms with E-state index in [0.717, 1.165) is 11.5 Å². The molecule has 100 valence electrons. The molecule has 3 N–H and O–H groups in total. The van der Waals surface area contributed by atoms with Crippen LogP contribution in [-0.2, 0) is 4.74 Å². The Bertz CT molecular complexity index is 466. The molecule has 1 aromatic heterocycles. The van der Waals surface area contributed by atoms with Crippen molar-refractivity contribution >= 4 is 28.0 Å². The fourth-order valence-electron chi connectivity index (χ4n) is 1.68. The van der Waals surface area contributed by atoms with Gasteiger partial charge in [0.1, 0.15) is 15.6 Å². The SMILES string of the molecule is COC(=O)c1sc(NCC2(C)CC2)c(OC)c1N. The molecule has 1 aliphatic rings. The number of hydrogen-bond donors (Lipinski definition) is 2. The molecule has 0 atom stereocenters.